The Labute approximate surface area is 188 Å². The number of nitrogens with one attached hydrogen (secondary N) is 1. The summed E-state index contributed by atoms with van der Waals surface area (Å²) in [6.07, 6.45) is 2.36. The van der Waals surface area contributed by atoms with Gasteiger partial charge in [-0.15, -0.1) is 11.3 Å². The van der Waals surface area contributed by atoms with Gasteiger partial charge in [0.05, 0.1) is 27.9 Å². The zero-order chi connectivity index (χ0) is 21.5. The average Bonchev–Trinajstić information content (AvgIpc) is 3.25. The lowest BCUT2D eigenvalue weighted by Crippen LogP contribution is -2.05. The molecule has 1 aromatic heterocycles. The van der Waals surface area contributed by atoms with Gasteiger partial charge in [-0.25, -0.2) is 9.78 Å². The van der Waals surface area contributed by atoms with E-state index >= 15 is 0 Å². The van der Waals surface area contributed by atoms with Crippen molar-refractivity contribution in [2.24, 2.45) is 0 Å². The predicted octanol–water partition coefficient (Wildman–Crippen LogP) is 6.66. The van der Waals surface area contributed by atoms with Crippen molar-refractivity contribution in [3.8, 4) is 17.3 Å². The summed E-state index contributed by atoms with van der Waals surface area (Å²) < 4.78 is 5.11. The first-order chi connectivity index (χ1) is 14.5. The molecule has 5 nitrogen and oxygen atoms in total. The first-order valence-electron chi connectivity index (χ1n) is 9.07. The van der Waals surface area contributed by atoms with E-state index < -0.39 is 0 Å². The number of nitriles is 1. The quantitative estimate of drug-likeness (QED) is 0.317. The fourth-order valence-electron chi connectivity index (χ4n) is 2.46. The Morgan fingerprint density at radius 1 is 1.23 bits per heavy atom. The van der Waals surface area contributed by atoms with Crippen LogP contribution in [0.25, 0.3) is 16.8 Å². The van der Waals surface area contributed by atoms with Gasteiger partial charge in [-0.3, -0.25) is 0 Å². The minimum Gasteiger partial charge on any atom is -0.462 e. The van der Waals surface area contributed by atoms with Gasteiger partial charge >= 0.3 is 5.97 Å². The van der Waals surface area contributed by atoms with Crippen molar-refractivity contribution >= 4 is 51.8 Å². The van der Waals surface area contributed by atoms with E-state index in [0.29, 0.717) is 38.5 Å². The highest BCUT2D eigenvalue weighted by atomic mass is 35.5. The maximum atomic E-state index is 11.9. The van der Waals surface area contributed by atoms with E-state index in [1.807, 2.05) is 18.4 Å². The molecule has 0 unspecified atom stereocenters. The smallest absolute Gasteiger partial charge is 0.338 e. The number of anilines is 1. The molecular formula is C22H17Cl2N3O2S. The lowest BCUT2D eigenvalue weighted by Gasteiger charge is -2.05. The maximum Gasteiger partial charge on any atom is 0.338 e. The Bertz CT molecular complexity index is 1120. The number of rotatable bonds is 7. The van der Waals surface area contributed by atoms with Crippen molar-refractivity contribution in [2.45, 2.75) is 13.3 Å². The number of benzene rings is 2. The third-order valence-corrected chi connectivity index (χ3v) is 5.63. The topological polar surface area (TPSA) is 75.0 Å². The van der Waals surface area contributed by atoms with Crippen LogP contribution in [0, 0.1) is 11.3 Å². The molecule has 0 aliphatic rings. The molecule has 0 saturated carbocycles. The number of carbonyl (C=O) groups excluding carboxylic acids is 1. The number of nitrogens with zero attached hydrogens (tertiary/aromatic N) is 2. The van der Waals surface area contributed by atoms with Crippen LogP contribution < -0.4 is 5.32 Å². The van der Waals surface area contributed by atoms with Crippen LogP contribution in [0.3, 0.4) is 0 Å². The number of halogens is 2. The van der Waals surface area contributed by atoms with Gasteiger partial charge in [0.2, 0.25) is 0 Å². The average molecular weight is 458 g/mol. The molecule has 0 bridgehead atoms. The van der Waals surface area contributed by atoms with Gasteiger partial charge in [0, 0.05) is 22.8 Å². The SMILES string of the molecule is CCCOC(=O)c1ccc(NC=C(C#N)c2nc(-c3ccc(Cl)c(Cl)c3)cs2)cc1. The molecule has 30 heavy (non-hydrogen) atoms. The van der Waals surface area contributed by atoms with E-state index in [-0.39, 0.29) is 5.97 Å². The maximum absolute atomic E-state index is 11.9. The summed E-state index contributed by atoms with van der Waals surface area (Å²) in [5.41, 5.74) is 3.13. The Hall–Kier alpha value is -2.85. The van der Waals surface area contributed by atoms with Crippen LogP contribution in [-0.2, 0) is 4.74 Å². The lowest BCUT2D eigenvalue weighted by molar-refractivity contribution is 0.0505. The van der Waals surface area contributed by atoms with Gasteiger partial charge in [0.25, 0.3) is 0 Å². The molecular weight excluding hydrogens is 441 g/mol. The van der Waals surface area contributed by atoms with Crippen molar-refractivity contribution in [3.63, 3.8) is 0 Å². The summed E-state index contributed by atoms with van der Waals surface area (Å²) >= 11 is 13.4. The van der Waals surface area contributed by atoms with Gasteiger partial charge in [-0.2, -0.15) is 5.26 Å². The third-order valence-electron chi connectivity index (χ3n) is 4.01. The highest BCUT2D eigenvalue weighted by Crippen LogP contribution is 2.30. The summed E-state index contributed by atoms with van der Waals surface area (Å²) in [5.74, 6) is -0.353. The standard InChI is InChI=1S/C22H17Cl2N3O2S/c1-2-9-29-22(28)14-3-6-17(7-4-14)26-12-16(11-25)21-27-20(13-30-21)15-5-8-18(23)19(24)10-15/h3-8,10,12-13,26H,2,9H2,1H3. The largest absolute Gasteiger partial charge is 0.462 e. The van der Waals surface area contributed by atoms with Gasteiger partial charge in [-0.05, 0) is 42.8 Å². The molecule has 1 N–H and O–H groups in total. The number of hydrogen-bond acceptors (Lipinski definition) is 6. The number of ether oxygens (including phenoxy) is 1. The summed E-state index contributed by atoms with van der Waals surface area (Å²) in [5, 5.41) is 15.9. The molecule has 0 amide bonds. The number of carbonyl (C=O) groups is 1. The Balaban J connectivity index is 1.72. The van der Waals surface area contributed by atoms with Crippen LogP contribution >= 0.6 is 34.5 Å². The van der Waals surface area contributed by atoms with Crippen LogP contribution in [-0.4, -0.2) is 17.6 Å². The van der Waals surface area contributed by atoms with Gasteiger partial charge < -0.3 is 10.1 Å². The normalized spacial score (nSPS) is 11.1. The van der Waals surface area contributed by atoms with Crippen molar-refractivity contribution in [1.82, 2.24) is 4.98 Å². The zero-order valence-corrected chi connectivity index (χ0v) is 18.3. The zero-order valence-electron chi connectivity index (χ0n) is 16.0. The van der Waals surface area contributed by atoms with Gasteiger partial charge in [0.15, 0.2) is 0 Å². The summed E-state index contributed by atoms with van der Waals surface area (Å²) in [7, 11) is 0. The molecule has 0 radical (unpaired) electrons. The molecule has 152 valence electrons. The van der Waals surface area contributed by atoms with Crippen LogP contribution in [0.4, 0.5) is 5.69 Å². The molecule has 8 heteroatoms. The highest BCUT2D eigenvalue weighted by Gasteiger charge is 2.11. The number of esters is 1. The minimum atomic E-state index is -0.353. The fraction of sp³-hybridized carbons (Fsp3) is 0.136. The molecule has 0 saturated heterocycles. The Morgan fingerprint density at radius 2 is 2.00 bits per heavy atom. The second-order valence-electron chi connectivity index (χ2n) is 6.19. The first kappa shape index (κ1) is 21.8. The summed E-state index contributed by atoms with van der Waals surface area (Å²) in [4.78, 5) is 16.4. The van der Waals surface area contributed by atoms with E-state index in [9.17, 15) is 10.1 Å². The van der Waals surface area contributed by atoms with Crippen LogP contribution in [0.2, 0.25) is 10.0 Å². The third kappa shape index (κ3) is 5.39. The summed E-state index contributed by atoms with van der Waals surface area (Å²) in [6, 6.07) is 14.3. The second kappa shape index (κ2) is 10.3. The van der Waals surface area contributed by atoms with Gasteiger partial charge in [-0.1, -0.05) is 36.2 Å². The molecule has 2 aromatic carbocycles. The van der Waals surface area contributed by atoms with E-state index in [0.717, 1.165) is 17.7 Å². The van der Waals surface area contributed by atoms with E-state index in [1.165, 1.54) is 11.3 Å². The fourth-order valence-corrected chi connectivity index (χ4v) is 3.56. The molecule has 0 fully saturated rings. The molecule has 0 atom stereocenters. The van der Waals surface area contributed by atoms with Crippen molar-refractivity contribution in [1.29, 1.82) is 5.26 Å². The number of allylic oxidation sites excluding steroid dienone is 1. The number of aromatic nitrogens is 1. The van der Waals surface area contributed by atoms with E-state index in [2.05, 4.69) is 16.4 Å². The van der Waals surface area contributed by atoms with Crippen LogP contribution in [0.1, 0.15) is 28.7 Å². The van der Waals surface area contributed by atoms with Gasteiger partial charge in [0.1, 0.15) is 16.6 Å². The van der Waals surface area contributed by atoms with Crippen molar-refractivity contribution in [2.75, 3.05) is 11.9 Å². The predicted molar refractivity (Wildman–Crippen MR) is 122 cm³/mol. The monoisotopic (exact) mass is 457 g/mol. The summed E-state index contributed by atoms with van der Waals surface area (Å²) in [6.45, 7) is 2.33. The Morgan fingerprint density at radius 3 is 2.67 bits per heavy atom. The first-order valence-corrected chi connectivity index (χ1v) is 10.7. The van der Waals surface area contributed by atoms with E-state index in [1.54, 1.807) is 42.6 Å². The van der Waals surface area contributed by atoms with E-state index in [4.69, 9.17) is 27.9 Å². The van der Waals surface area contributed by atoms with Crippen molar-refractivity contribution in [3.05, 3.63) is 74.7 Å². The Kier molecular flexibility index (Phi) is 7.47. The number of hydrogen-bond donors (Lipinski definition) is 1. The van der Waals surface area contributed by atoms with Crippen LogP contribution in [0.15, 0.2) is 54.0 Å². The lowest BCUT2D eigenvalue weighted by atomic mass is 10.2. The molecule has 1 heterocycles. The second-order valence-corrected chi connectivity index (χ2v) is 7.87. The molecule has 0 aliphatic heterocycles. The molecule has 0 spiro atoms. The van der Waals surface area contributed by atoms with Crippen molar-refractivity contribution < 1.29 is 9.53 Å². The minimum absolute atomic E-state index is 0.353. The highest BCUT2D eigenvalue weighted by molar-refractivity contribution is 7.11. The molecule has 3 aromatic rings. The molecule has 0 aliphatic carbocycles. The van der Waals surface area contributed by atoms with Crippen LogP contribution in [0.5, 0.6) is 0 Å². The molecule has 3 rings (SSSR count). The number of thiazole rings is 1.